The van der Waals surface area contributed by atoms with E-state index in [1.54, 1.807) is 0 Å². The first-order valence-electron chi connectivity index (χ1n) is 20.5. The number of hydrogen-bond acceptors (Lipinski definition) is 1. The fraction of sp³-hybridized carbons (Fsp3) is 0.123. The molecule has 9 aromatic rings. The highest BCUT2D eigenvalue weighted by atomic mass is 15.1. The molecule has 0 heterocycles. The zero-order chi connectivity index (χ0) is 39.6. The number of hydrogen-bond donors (Lipinski definition) is 0. The SMILES string of the molecule is CC(C)(C)c1ccc(-c2ccc(N(c3ccc4c(ccc5ccccc54)c3)c3cccc(-c4ccc5c(c4)C(C)(C)c4ccccc4-5)c3-c3ccccc3)cc2)cc1. The minimum Gasteiger partial charge on any atom is -0.310 e. The van der Waals surface area contributed by atoms with Crippen molar-refractivity contribution in [2.45, 2.75) is 45.4 Å². The lowest BCUT2D eigenvalue weighted by Crippen LogP contribution is -2.15. The van der Waals surface area contributed by atoms with Crippen LogP contribution in [0.5, 0.6) is 0 Å². The summed E-state index contributed by atoms with van der Waals surface area (Å²) in [5.41, 5.74) is 17.4. The van der Waals surface area contributed by atoms with Crippen LogP contribution >= 0.6 is 0 Å². The lowest BCUT2D eigenvalue weighted by molar-refractivity contribution is 0.590. The average Bonchev–Trinajstić information content (AvgIpc) is 3.49. The van der Waals surface area contributed by atoms with E-state index in [1.807, 2.05) is 0 Å². The molecule has 0 bridgehead atoms. The van der Waals surface area contributed by atoms with Gasteiger partial charge in [0.2, 0.25) is 0 Å². The van der Waals surface area contributed by atoms with Crippen LogP contribution in [0.3, 0.4) is 0 Å². The van der Waals surface area contributed by atoms with Crippen LogP contribution in [-0.4, -0.2) is 0 Å². The highest BCUT2D eigenvalue weighted by molar-refractivity contribution is 6.09. The second-order valence-corrected chi connectivity index (χ2v) is 17.4. The molecule has 0 aliphatic heterocycles. The van der Waals surface area contributed by atoms with Gasteiger partial charge in [-0.25, -0.2) is 0 Å². The predicted molar refractivity (Wildman–Crippen MR) is 249 cm³/mol. The maximum absolute atomic E-state index is 2.46. The normalized spacial score (nSPS) is 13.1. The number of anilines is 3. The summed E-state index contributed by atoms with van der Waals surface area (Å²) in [6.45, 7) is 11.5. The quantitative estimate of drug-likeness (QED) is 0.153. The van der Waals surface area contributed by atoms with Gasteiger partial charge in [0, 0.05) is 22.4 Å². The van der Waals surface area contributed by atoms with E-state index < -0.39 is 0 Å². The van der Waals surface area contributed by atoms with Crippen LogP contribution < -0.4 is 4.90 Å². The van der Waals surface area contributed by atoms with Crippen molar-refractivity contribution in [3.63, 3.8) is 0 Å². The van der Waals surface area contributed by atoms with Gasteiger partial charge < -0.3 is 4.90 Å². The van der Waals surface area contributed by atoms with Crippen molar-refractivity contribution in [2.75, 3.05) is 4.90 Å². The van der Waals surface area contributed by atoms with Crippen LogP contribution in [0.25, 0.3) is 66.1 Å². The van der Waals surface area contributed by atoms with Crippen LogP contribution in [0.4, 0.5) is 17.1 Å². The van der Waals surface area contributed by atoms with Gasteiger partial charge in [-0.3, -0.25) is 0 Å². The summed E-state index contributed by atoms with van der Waals surface area (Å²) in [7, 11) is 0. The Balaban J connectivity index is 1.17. The molecule has 0 aromatic heterocycles. The zero-order valence-electron chi connectivity index (χ0n) is 33.9. The fourth-order valence-corrected chi connectivity index (χ4v) is 9.28. The molecule has 0 atom stereocenters. The molecule has 1 heteroatoms. The molecule has 1 nitrogen and oxygen atoms in total. The molecular formula is C57H47N. The second-order valence-electron chi connectivity index (χ2n) is 17.4. The first kappa shape index (κ1) is 35.7. The Morgan fingerprint density at radius 2 is 1.00 bits per heavy atom. The molecule has 0 saturated carbocycles. The van der Waals surface area contributed by atoms with Gasteiger partial charge in [0.15, 0.2) is 0 Å². The summed E-state index contributed by atoms with van der Waals surface area (Å²) in [6.07, 6.45) is 0. The molecule has 1 aliphatic rings. The monoisotopic (exact) mass is 745 g/mol. The molecule has 280 valence electrons. The molecule has 0 spiro atoms. The van der Waals surface area contributed by atoms with Gasteiger partial charge in [-0.05, 0) is 119 Å². The third kappa shape index (κ3) is 6.01. The van der Waals surface area contributed by atoms with E-state index in [2.05, 4.69) is 234 Å². The molecule has 0 unspecified atom stereocenters. The number of fused-ring (bicyclic) bond motifs is 6. The van der Waals surface area contributed by atoms with E-state index in [9.17, 15) is 0 Å². The summed E-state index contributed by atoms with van der Waals surface area (Å²) < 4.78 is 0. The summed E-state index contributed by atoms with van der Waals surface area (Å²) in [4.78, 5) is 2.46. The molecule has 0 saturated heterocycles. The predicted octanol–water partition coefficient (Wildman–Crippen LogP) is 16.1. The first-order chi connectivity index (χ1) is 28.1. The van der Waals surface area contributed by atoms with Crippen molar-refractivity contribution >= 4 is 38.6 Å². The Hall–Kier alpha value is -6.70. The Labute approximate surface area is 342 Å². The van der Waals surface area contributed by atoms with E-state index in [1.165, 1.54) is 82.7 Å². The molecule has 58 heavy (non-hydrogen) atoms. The van der Waals surface area contributed by atoms with E-state index in [4.69, 9.17) is 0 Å². The van der Waals surface area contributed by atoms with Gasteiger partial charge in [0.05, 0.1) is 5.69 Å². The lowest BCUT2D eigenvalue weighted by atomic mass is 9.81. The van der Waals surface area contributed by atoms with Crippen LogP contribution in [0, 0.1) is 0 Å². The van der Waals surface area contributed by atoms with Gasteiger partial charge in [-0.1, -0.05) is 192 Å². The molecule has 10 rings (SSSR count). The Bertz CT molecular complexity index is 2980. The smallest absolute Gasteiger partial charge is 0.0546 e. The minimum absolute atomic E-state index is 0.0947. The summed E-state index contributed by atoms with van der Waals surface area (Å²) in [5, 5.41) is 5.00. The first-order valence-corrected chi connectivity index (χ1v) is 20.5. The van der Waals surface area contributed by atoms with Crippen molar-refractivity contribution in [3.05, 3.63) is 211 Å². The number of benzene rings is 9. The van der Waals surface area contributed by atoms with Crippen LogP contribution in [0.2, 0.25) is 0 Å². The Morgan fingerprint density at radius 3 is 1.78 bits per heavy atom. The van der Waals surface area contributed by atoms with Crippen LogP contribution in [0.1, 0.15) is 51.3 Å². The van der Waals surface area contributed by atoms with Gasteiger partial charge >= 0.3 is 0 Å². The van der Waals surface area contributed by atoms with Crippen molar-refractivity contribution < 1.29 is 0 Å². The number of nitrogens with zero attached hydrogens (tertiary/aromatic N) is 1. The van der Waals surface area contributed by atoms with Crippen molar-refractivity contribution in [3.8, 4) is 44.5 Å². The molecule has 9 aromatic carbocycles. The van der Waals surface area contributed by atoms with E-state index >= 15 is 0 Å². The Morgan fingerprint density at radius 1 is 0.397 bits per heavy atom. The molecule has 0 N–H and O–H groups in total. The summed E-state index contributed by atoms with van der Waals surface area (Å²) in [5.74, 6) is 0. The molecular weight excluding hydrogens is 699 g/mol. The summed E-state index contributed by atoms with van der Waals surface area (Å²) >= 11 is 0. The van der Waals surface area contributed by atoms with Gasteiger partial charge in [0.25, 0.3) is 0 Å². The number of rotatable bonds is 6. The lowest BCUT2D eigenvalue weighted by Gasteiger charge is -2.30. The third-order valence-corrected chi connectivity index (χ3v) is 12.4. The van der Waals surface area contributed by atoms with Crippen LogP contribution in [-0.2, 0) is 10.8 Å². The minimum atomic E-state index is -0.0947. The third-order valence-electron chi connectivity index (χ3n) is 12.4. The van der Waals surface area contributed by atoms with Gasteiger partial charge in [-0.15, -0.1) is 0 Å². The van der Waals surface area contributed by atoms with Gasteiger partial charge in [-0.2, -0.15) is 0 Å². The molecule has 0 fully saturated rings. The largest absolute Gasteiger partial charge is 0.310 e. The van der Waals surface area contributed by atoms with E-state index in [0.29, 0.717) is 0 Å². The van der Waals surface area contributed by atoms with Crippen molar-refractivity contribution in [1.29, 1.82) is 0 Å². The van der Waals surface area contributed by atoms with Gasteiger partial charge in [0.1, 0.15) is 0 Å². The zero-order valence-corrected chi connectivity index (χ0v) is 33.9. The Kier molecular flexibility index (Phi) is 8.46. The van der Waals surface area contributed by atoms with Crippen molar-refractivity contribution in [1.82, 2.24) is 0 Å². The highest BCUT2D eigenvalue weighted by Crippen LogP contribution is 2.51. The fourth-order valence-electron chi connectivity index (χ4n) is 9.28. The topological polar surface area (TPSA) is 3.24 Å². The van der Waals surface area contributed by atoms with E-state index in [-0.39, 0.29) is 10.8 Å². The molecule has 1 aliphatic carbocycles. The summed E-state index contributed by atoms with van der Waals surface area (Å²) in [6, 6.07) is 72.1. The molecule has 0 amide bonds. The maximum Gasteiger partial charge on any atom is 0.0546 e. The van der Waals surface area contributed by atoms with E-state index in [0.717, 1.165) is 17.1 Å². The average molecular weight is 746 g/mol. The maximum atomic E-state index is 2.46. The van der Waals surface area contributed by atoms with Crippen LogP contribution in [0.15, 0.2) is 194 Å². The van der Waals surface area contributed by atoms with Crippen molar-refractivity contribution in [2.24, 2.45) is 0 Å². The highest BCUT2D eigenvalue weighted by Gasteiger charge is 2.35. The standard InChI is InChI=1S/C57H47N/c1-56(2,3)44-29-24-38(25-30-44)39-26-31-45(32-27-39)58(46-33-35-48-42(36-46)23-22-40-14-9-10-17-47(40)48)54-21-13-19-49(55(54)41-15-7-6-8-16-41)43-28-34-51-50-18-11-12-20-52(50)57(4,5)53(51)37-43/h6-37H,1-5H3. The second kappa shape index (κ2) is 13.7. The molecule has 0 radical (unpaired) electrons.